The van der Waals surface area contributed by atoms with Crippen molar-refractivity contribution in [3.05, 3.63) is 35.9 Å². The van der Waals surface area contributed by atoms with Crippen LogP contribution in [-0.4, -0.2) is 28.8 Å². The Labute approximate surface area is 143 Å². The van der Waals surface area contributed by atoms with Gasteiger partial charge in [-0.25, -0.2) is 0 Å². The van der Waals surface area contributed by atoms with Crippen molar-refractivity contribution < 1.29 is 15.0 Å². The monoisotopic (exact) mass is 329 g/mol. The maximum absolute atomic E-state index is 12.2. The predicted octanol–water partition coefficient (Wildman–Crippen LogP) is 2.98. The number of nitrogens with one attached hydrogen (secondary N) is 1. The molecule has 4 bridgehead atoms. The first-order valence-electron chi connectivity index (χ1n) is 9.24. The molecule has 5 rings (SSSR count). The molecule has 24 heavy (non-hydrogen) atoms. The summed E-state index contributed by atoms with van der Waals surface area (Å²) in [5, 5.41) is 23.1. The number of aliphatic carboxylic acids is 1. The number of aliphatic hydroxyl groups is 1. The number of carbonyl (C=O) groups is 1. The second-order valence-corrected chi connectivity index (χ2v) is 8.36. The Bertz CT molecular complexity index is 565. The van der Waals surface area contributed by atoms with Crippen molar-refractivity contribution in [1.29, 1.82) is 0 Å². The Morgan fingerprint density at radius 2 is 1.62 bits per heavy atom. The van der Waals surface area contributed by atoms with Gasteiger partial charge in [0.05, 0.1) is 12.6 Å². The summed E-state index contributed by atoms with van der Waals surface area (Å²) in [6, 6.07) is 8.81. The van der Waals surface area contributed by atoms with E-state index in [-0.39, 0.29) is 18.1 Å². The zero-order valence-corrected chi connectivity index (χ0v) is 14.0. The van der Waals surface area contributed by atoms with E-state index in [9.17, 15) is 15.0 Å². The smallest absolute Gasteiger partial charge is 0.321 e. The summed E-state index contributed by atoms with van der Waals surface area (Å²) in [6.07, 6.45) is 7.01. The Hall–Kier alpha value is -1.39. The SMILES string of the molecule is O=C(O)[C@H](N[C@@H](CO)c1ccccc1)C12CC3CC(CC(C3)C1)C2. The number of carboxylic acids is 1. The van der Waals surface area contributed by atoms with Gasteiger partial charge in [0.15, 0.2) is 0 Å². The molecule has 4 aliphatic carbocycles. The van der Waals surface area contributed by atoms with Crippen LogP contribution in [0.3, 0.4) is 0 Å². The summed E-state index contributed by atoms with van der Waals surface area (Å²) in [5.74, 6) is 1.38. The molecule has 0 radical (unpaired) electrons. The van der Waals surface area contributed by atoms with Gasteiger partial charge >= 0.3 is 5.97 Å². The topological polar surface area (TPSA) is 69.6 Å². The lowest BCUT2D eigenvalue weighted by molar-refractivity contribution is -0.152. The molecule has 4 saturated carbocycles. The maximum Gasteiger partial charge on any atom is 0.321 e. The third-order valence-corrected chi connectivity index (χ3v) is 6.70. The van der Waals surface area contributed by atoms with E-state index in [1.165, 1.54) is 19.3 Å². The first-order chi connectivity index (χ1) is 11.6. The summed E-state index contributed by atoms with van der Waals surface area (Å²) in [5.41, 5.74) is 0.832. The predicted molar refractivity (Wildman–Crippen MR) is 91.4 cm³/mol. The number of benzene rings is 1. The van der Waals surface area contributed by atoms with Gasteiger partial charge in [0.2, 0.25) is 0 Å². The van der Waals surface area contributed by atoms with Crippen molar-refractivity contribution in [1.82, 2.24) is 5.32 Å². The van der Waals surface area contributed by atoms with Crippen molar-refractivity contribution in [2.75, 3.05) is 6.61 Å². The number of carboxylic acid groups (broad SMARTS) is 1. The van der Waals surface area contributed by atoms with Crippen LogP contribution in [0.2, 0.25) is 0 Å². The maximum atomic E-state index is 12.2. The average Bonchev–Trinajstić information content (AvgIpc) is 2.54. The van der Waals surface area contributed by atoms with Gasteiger partial charge in [0.25, 0.3) is 0 Å². The van der Waals surface area contributed by atoms with E-state index in [1.54, 1.807) is 0 Å². The van der Waals surface area contributed by atoms with Crippen LogP contribution in [0.5, 0.6) is 0 Å². The number of rotatable bonds is 6. The molecule has 0 spiro atoms. The van der Waals surface area contributed by atoms with Crippen LogP contribution in [0.25, 0.3) is 0 Å². The minimum atomic E-state index is -0.758. The fraction of sp³-hybridized carbons (Fsp3) is 0.650. The van der Waals surface area contributed by atoms with Gasteiger partial charge in [-0.05, 0) is 67.3 Å². The molecule has 1 aromatic carbocycles. The Morgan fingerprint density at radius 1 is 1.08 bits per heavy atom. The molecule has 2 atom stereocenters. The molecule has 4 aliphatic rings. The fourth-order valence-corrected chi connectivity index (χ4v) is 6.18. The van der Waals surface area contributed by atoms with Crippen LogP contribution in [0.15, 0.2) is 30.3 Å². The molecular formula is C20H27NO3. The third-order valence-electron chi connectivity index (χ3n) is 6.70. The van der Waals surface area contributed by atoms with Gasteiger partial charge in [-0.2, -0.15) is 0 Å². The Balaban J connectivity index is 1.59. The standard InChI is InChI=1S/C20H27NO3/c22-12-17(16-4-2-1-3-5-16)21-18(19(23)24)20-9-13-6-14(10-20)8-15(7-13)11-20/h1-5,13-15,17-18,21-22H,6-12H2,(H,23,24)/t13?,14?,15?,17-,18-,20?/m0/s1. The largest absolute Gasteiger partial charge is 0.480 e. The summed E-state index contributed by atoms with van der Waals surface area (Å²) in [4.78, 5) is 12.2. The van der Waals surface area contributed by atoms with E-state index in [1.807, 2.05) is 30.3 Å². The van der Waals surface area contributed by atoms with Crippen LogP contribution in [0.4, 0.5) is 0 Å². The highest BCUT2D eigenvalue weighted by Crippen LogP contribution is 2.61. The zero-order valence-electron chi connectivity index (χ0n) is 14.0. The lowest BCUT2D eigenvalue weighted by Crippen LogP contribution is -2.59. The second-order valence-electron chi connectivity index (χ2n) is 8.36. The minimum absolute atomic E-state index is 0.0832. The van der Waals surface area contributed by atoms with Gasteiger partial charge in [-0.3, -0.25) is 10.1 Å². The molecule has 0 aliphatic heterocycles. The fourth-order valence-electron chi connectivity index (χ4n) is 6.18. The van der Waals surface area contributed by atoms with Crippen molar-refractivity contribution in [2.45, 2.75) is 50.6 Å². The quantitative estimate of drug-likeness (QED) is 0.750. The lowest BCUT2D eigenvalue weighted by atomic mass is 9.47. The van der Waals surface area contributed by atoms with E-state index < -0.39 is 12.0 Å². The molecule has 4 nitrogen and oxygen atoms in total. The molecule has 0 amide bonds. The van der Waals surface area contributed by atoms with Crippen molar-refractivity contribution in [3.8, 4) is 0 Å². The molecular weight excluding hydrogens is 302 g/mol. The lowest BCUT2D eigenvalue weighted by Gasteiger charge is -2.59. The van der Waals surface area contributed by atoms with Gasteiger partial charge in [0.1, 0.15) is 6.04 Å². The summed E-state index contributed by atoms with van der Waals surface area (Å²) in [6.45, 7) is -0.0832. The van der Waals surface area contributed by atoms with Gasteiger partial charge < -0.3 is 10.2 Å². The minimum Gasteiger partial charge on any atom is -0.480 e. The number of aliphatic hydroxyl groups excluding tert-OH is 1. The number of hydrogen-bond donors (Lipinski definition) is 3. The van der Waals surface area contributed by atoms with E-state index in [2.05, 4.69) is 5.32 Å². The summed E-state index contributed by atoms with van der Waals surface area (Å²) in [7, 11) is 0. The van der Waals surface area contributed by atoms with Crippen LogP contribution in [-0.2, 0) is 4.79 Å². The molecule has 0 heterocycles. The first-order valence-corrected chi connectivity index (χ1v) is 9.24. The summed E-state index contributed by atoms with van der Waals surface area (Å²) >= 11 is 0. The molecule has 4 heteroatoms. The highest BCUT2D eigenvalue weighted by atomic mass is 16.4. The Kier molecular flexibility index (Phi) is 4.13. The van der Waals surface area contributed by atoms with Crippen molar-refractivity contribution >= 4 is 5.97 Å². The third kappa shape index (κ3) is 2.76. The molecule has 3 N–H and O–H groups in total. The van der Waals surface area contributed by atoms with Crippen molar-refractivity contribution in [3.63, 3.8) is 0 Å². The van der Waals surface area contributed by atoms with Crippen molar-refractivity contribution in [2.24, 2.45) is 23.2 Å². The first kappa shape index (κ1) is 16.1. The van der Waals surface area contributed by atoms with Crippen LogP contribution < -0.4 is 5.32 Å². The van der Waals surface area contributed by atoms with E-state index in [0.717, 1.165) is 24.8 Å². The van der Waals surface area contributed by atoms with Gasteiger partial charge in [-0.15, -0.1) is 0 Å². The molecule has 0 saturated heterocycles. The molecule has 130 valence electrons. The molecule has 0 aromatic heterocycles. The van der Waals surface area contributed by atoms with Gasteiger partial charge in [-0.1, -0.05) is 30.3 Å². The summed E-state index contributed by atoms with van der Waals surface area (Å²) < 4.78 is 0. The highest BCUT2D eigenvalue weighted by molar-refractivity contribution is 5.75. The normalized spacial score (nSPS) is 36.5. The number of hydrogen-bond acceptors (Lipinski definition) is 3. The van der Waals surface area contributed by atoms with E-state index >= 15 is 0 Å². The van der Waals surface area contributed by atoms with Crippen LogP contribution in [0, 0.1) is 23.2 Å². The highest BCUT2D eigenvalue weighted by Gasteiger charge is 2.56. The van der Waals surface area contributed by atoms with Crippen LogP contribution in [0.1, 0.15) is 50.1 Å². The van der Waals surface area contributed by atoms with E-state index in [4.69, 9.17) is 0 Å². The molecule has 0 unspecified atom stereocenters. The second kappa shape index (κ2) is 6.16. The molecule has 4 fully saturated rings. The Morgan fingerprint density at radius 3 is 2.08 bits per heavy atom. The van der Waals surface area contributed by atoms with Crippen LogP contribution >= 0.6 is 0 Å². The van der Waals surface area contributed by atoms with E-state index in [0.29, 0.717) is 17.8 Å². The zero-order chi connectivity index (χ0) is 16.7. The molecule has 1 aromatic rings. The van der Waals surface area contributed by atoms with Gasteiger partial charge in [0, 0.05) is 0 Å². The average molecular weight is 329 g/mol.